The molecule has 2 aromatic heterocycles. The van der Waals surface area contributed by atoms with Gasteiger partial charge in [-0.05, 0) is 41.8 Å². The number of amides is 2. The zero-order valence-electron chi connectivity index (χ0n) is 18.8. The minimum absolute atomic E-state index is 0.0237. The number of aryl methyl sites for hydroxylation is 1. The Labute approximate surface area is 186 Å². The van der Waals surface area contributed by atoms with Crippen molar-refractivity contribution in [2.45, 2.75) is 13.8 Å². The van der Waals surface area contributed by atoms with Gasteiger partial charge in [-0.1, -0.05) is 30.3 Å². The van der Waals surface area contributed by atoms with Crippen LogP contribution in [0.15, 0.2) is 54.7 Å². The second kappa shape index (κ2) is 8.26. The SMILES string of the molecule is CC(=O)Nc1cnc2c(c1)c(-c1cccc(-c3ccc(C(=O)N(C)C)cc3)c1C)nn2C. The largest absolute Gasteiger partial charge is 0.345 e. The molecule has 1 N–H and O–H groups in total. The molecule has 4 aromatic rings. The molecule has 0 bridgehead atoms. The predicted molar refractivity (Wildman–Crippen MR) is 126 cm³/mol. The molecule has 7 heteroatoms. The maximum atomic E-state index is 12.2. The zero-order chi connectivity index (χ0) is 23.0. The van der Waals surface area contributed by atoms with Gasteiger partial charge in [-0.2, -0.15) is 5.10 Å². The lowest BCUT2D eigenvalue weighted by Gasteiger charge is -2.13. The van der Waals surface area contributed by atoms with Gasteiger partial charge in [0.25, 0.3) is 5.91 Å². The summed E-state index contributed by atoms with van der Waals surface area (Å²) in [7, 11) is 5.34. The van der Waals surface area contributed by atoms with Crippen molar-refractivity contribution in [1.82, 2.24) is 19.7 Å². The van der Waals surface area contributed by atoms with E-state index in [0.29, 0.717) is 11.3 Å². The Morgan fingerprint density at radius 2 is 1.72 bits per heavy atom. The van der Waals surface area contributed by atoms with E-state index in [1.807, 2.05) is 49.5 Å². The highest BCUT2D eigenvalue weighted by atomic mass is 16.2. The molecule has 0 aliphatic carbocycles. The summed E-state index contributed by atoms with van der Waals surface area (Å²) >= 11 is 0. The molecule has 0 saturated heterocycles. The van der Waals surface area contributed by atoms with E-state index in [-0.39, 0.29) is 11.8 Å². The number of carbonyl (C=O) groups is 2. The van der Waals surface area contributed by atoms with Crippen LogP contribution < -0.4 is 5.32 Å². The van der Waals surface area contributed by atoms with Crippen molar-refractivity contribution in [2.24, 2.45) is 7.05 Å². The molecule has 0 spiro atoms. The number of carbonyl (C=O) groups excluding carboxylic acids is 2. The molecule has 0 atom stereocenters. The smallest absolute Gasteiger partial charge is 0.253 e. The van der Waals surface area contributed by atoms with Crippen molar-refractivity contribution < 1.29 is 9.59 Å². The summed E-state index contributed by atoms with van der Waals surface area (Å²) in [4.78, 5) is 29.7. The quantitative estimate of drug-likeness (QED) is 0.527. The average Bonchev–Trinajstić information content (AvgIpc) is 3.08. The van der Waals surface area contributed by atoms with Gasteiger partial charge in [-0.25, -0.2) is 9.67 Å². The summed E-state index contributed by atoms with van der Waals surface area (Å²) in [6, 6.07) is 15.6. The molecule has 4 rings (SSSR count). The molecule has 2 amide bonds. The second-order valence-corrected chi connectivity index (χ2v) is 8.00. The molecule has 162 valence electrons. The Balaban J connectivity index is 1.80. The normalized spacial score (nSPS) is 10.9. The molecule has 0 radical (unpaired) electrons. The van der Waals surface area contributed by atoms with E-state index >= 15 is 0 Å². The summed E-state index contributed by atoms with van der Waals surface area (Å²) in [6.07, 6.45) is 1.63. The van der Waals surface area contributed by atoms with Crippen LogP contribution in [-0.2, 0) is 11.8 Å². The monoisotopic (exact) mass is 427 g/mol. The number of hydrogen-bond donors (Lipinski definition) is 1. The van der Waals surface area contributed by atoms with Crippen LogP contribution in [0.1, 0.15) is 22.8 Å². The molecule has 0 saturated carbocycles. The molecule has 0 aliphatic rings. The van der Waals surface area contributed by atoms with E-state index in [1.54, 1.807) is 29.9 Å². The Hall–Kier alpha value is -4.00. The fraction of sp³-hybridized carbons (Fsp3) is 0.200. The van der Waals surface area contributed by atoms with Gasteiger partial charge in [-0.15, -0.1) is 0 Å². The minimum Gasteiger partial charge on any atom is -0.345 e. The van der Waals surface area contributed by atoms with Crippen LogP contribution in [0.2, 0.25) is 0 Å². The first-order valence-electron chi connectivity index (χ1n) is 10.3. The number of anilines is 1. The first-order chi connectivity index (χ1) is 15.3. The van der Waals surface area contributed by atoms with Crippen molar-refractivity contribution in [3.05, 3.63) is 65.9 Å². The lowest BCUT2D eigenvalue weighted by Crippen LogP contribution is -2.21. The minimum atomic E-state index is -0.147. The molecule has 0 aliphatic heterocycles. The number of aromatic nitrogens is 3. The number of nitrogens with one attached hydrogen (secondary N) is 1. The molecule has 7 nitrogen and oxygen atoms in total. The Morgan fingerprint density at radius 3 is 2.38 bits per heavy atom. The van der Waals surface area contributed by atoms with E-state index in [2.05, 4.69) is 23.3 Å². The molecule has 0 fully saturated rings. The van der Waals surface area contributed by atoms with Crippen molar-refractivity contribution in [1.29, 1.82) is 0 Å². The Morgan fingerprint density at radius 1 is 1.03 bits per heavy atom. The van der Waals surface area contributed by atoms with E-state index in [4.69, 9.17) is 5.10 Å². The van der Waals surface area contributed by atoms with Crippen molar-refractivity contribution in [3.63, 3.8) is 0 Å². The van der Waals surface area contributed by atoms with Crippen LogP contribution in [0, 0.1) is 6.92 Å². The number of benzene rings is 2. The lowest BCUT2D eigenvalue weighted by atomic mass is 9.93. The van der Waals surface area contributed by atoms with Gasteiger partial charge in [0, 0.05) is 44.6 Å². The zero-order valence-corrected chi connectivity index (χ0v) is 18.8. The van der Waals surface area contributed by atoms with Gasteiger partial charge in [0.2, 0.25) is 5.91 Å². The van der Waals surface area contributed by atoms with E-state index in [9.17, 15) is 9.59 Å². The summed E-state index contributed by atoms with van der Waals surface area (Å²) in [5, 5.41) is 8.38. The highest BCUT2D eigenvalue weighted by Crippen LogP contribution is 2.35. The van der Waals surface area contributed by atoms with Crippen LogP contribution in [0.3, 0.4) is 0 Å². The highest BCUT2D eigenvalue weighted by molar-refractivity contribution is 5.98. The van der Waals surface area contributed by atoms with Crippen molar-refractivity contribution in [3.8, 4) is 22.4 Å². The summed E-state index contributed by atoms with van der Waals surface area (Å²) in [5.74, 6) is -0.171. The first kappa shape index (κ1) is 21.2. The van der Waals surface area contributed by atoms with E-state index in [0.717, 1.165) is 39.0 Å². The third-order valence-corrected chi connectivity index (χ3v) is 5.44. The first-order valence-corrected chi connectivity index (χ1v) is 10.3. The van der Waals surface area contributed by atoms with Crippen LogP contribution >= 0.6 is 0 Å². The van der Waals surface area contributed by atoms with Gasteiger partial charge in [0.05, 0.1) is 11.9 Å². The van der Waals surface area contributed by atoms with Crippen molar-refractivity contribution >= 4 is 28.5 Å². The average molecular weight is 428 g/mol. The number of hydrogen-bond acceptors (Lipinski definition) is 4. The Kier molecular flexibility index (Phi) is 5.48. The summed E-state index contributed by atoms with van der Waals surface area (Å²) < 4.78 is 1.75. The van der Waals surface area contributed by atoms with Crippen molar-refractivity contribution in [2.75, 3.05) is 19.4 Å². The third-order valence-electron chi connectivity index (χ3n) is 5.44. The highest BCUT2D eigenvalue weighted by Gasteiger charge is 2.17. The fourth-order valence-corrected chi connectivity index (χ4v) is 3.87. The Bertz CT molecular complexity index is 1340. The van der Waals surface area contributed by atoms with E-state index < -0.39 is 0 Å². The number of fused-ring (bicyclic) bond motifs is 1. The van der Waals surface area contributed by atoms with Crippen LogP contribution in [0.4, 0.5) is 5.69 Å². The second-order valence-electron chi connectivity index (χ2n) is 8.00. The molecule has 32 heavy (non-hydrogen) atoms. The number of rotatable bonds is 4. The maximum Gasteiger partial charge on any atom is 0.253 e. The van der Waals surface area contributed by atoms with Crippen LogP contribution in [0.5, 0.6) is 0 Å². The van der Waals surface area contributed by atoms with Gasteiger partial charge in [-0.3, -0.25) is 9.59 Å². The molecule has 0 unspecified atom stereocenters. The third kappa shape index (κ3) is 3.85. The number of pyridine rings is 1. The van der Waals surface area contributed by atoms with Gasteiger partial charge in [0.1, 0.15) is 5.69 Å². The van der Waals surface area contributed by atoms with Gasteiger partial charge < -0.3 is 10.2 Å². The molecule has 2 aromatic carbocycles. The molecular formula is C25H25N5O2. The standard InChI is InChI=1S/C25H25N5O2/c1-15-20(17-9-11-18(12-10-17)25(32)29(3)4)7-6-8-21(15)23-22-13-19(27-16(2)31)14-26-24(22)30(5)28-23/h6-14H,1-5H3,(H,27,31). The summed E-state index contributed by atoms with van der Waals surface area (Å²) in [6.45, 7) is 3.54. The lowest BCUT2D eigenvalue weighted by molar-refractivity contribution is -0.114. The summed E-state index contributed by atoms with van der Waals surface area (Å²) in [5.41, 5.74) is 6.99. The number of nitrogens with zero attached hydrogens (tertiary/aromatic N) is 4. The van der Waals surface area contributed by atoms with Gasteiger partial charge >= 0.3 is 0 Å². The molecule has 2 heterocycles. The van der Waals surface area contributed by atoms with E-state index in [1.165, 1.54) is 6.92 Å². The maximum absolute atomic E-state index is 12.2. The fourth-order valence-electron chi connectivity index (χ4n) is 3.87. The molecular weight excluding hydrogens is 402 g/mol. The van der Waals surface area contributed by atoms with Crippen LogP contribution in [-0.4, -0.2) is 45.6 Å². The van der Waals surface area contributed by atoms with Gasteiger partial charge in [0.15, 0.2) is 5.65 Å². The predicted octanol–water partition coefficient (Wildman–Crippen LogP) is 4.27. The topological polar surface area (TPSA) is 80.1 Å². The van der Waals surface area contributed by atoms with Crippen LogP contribution in [0.25, 0.3) is 33.4 Å².